The first-order chi connectivity index (χ1) is 15.2. The van der Waals surface area contributed by atoms with Gasteiger partial charge in [-0.2, -0.15) is 0 Å². The molecule has 0 radical (unpaired) electrons. The van der Waals surface area contributed by atoms with Crippen molar-refractivity contribution in [2.75, 3.05) is 7.11 Å². The van der Waals surface area contributed by atoms with Gasteiger partial charge in [0.1, 0.15) is 16.3 Å². The van der Waals surface area contributed by atoms with Crippen molar-refractivity contribution in [1.29, 1.82) is 0 Å². The van der Waals surface area contributed by atoms with Gasteiger partial charge in [0.15, 0.2) is 11.0 Å². The highest BCUT2D eigenvalue weighted by atomic mass is 32.2. The van der Waals surface area contributed by atoms with Crippen LogP contribution in [0.5, 0.6) is 5.75 Å². The fourth-order valence-corrected chi connectivity index (χ4v) is 4.79. The molecule has 2 aromatic carbocycles. The number of para-hydroxylation sites is 1. The molecule has 0 saturated carbocycles. The number of ether oxygens (including phenoxy) is 1. The zero-order valence-corrected chi connectivity index (χ0v) is 18.1. The van der Waals surface area contributed by atoms with E-state index in [4.69, 9.17) is 4.74 Å². The molecule has 0 amide bonds. The summed E-state index contributed by atoms with van der Waals surface area (Å²) in [4.78, 5) is 19.7. The Labute approximate surface area is 185 Å². The monoisotopic (exact) mass is 447 g/mol. The second-order valence-corrected chi connectivity index (χ2v) is 8.50. The fourth-order valence-electron chi connectivity index (χ4n) is 3.25. The van der Waals surface area contributed by atoms with Crippen LogP contribution in [0.4, 0.5) is 0 Å². The van der Waals surface area contributed by atoms with Crippen molar-refractivity contribution in [3.8, 4) is 22.8 Å². The van der Waals surface area contributed by atoms with Crippen LogP contribution in [0.25, 0.3) is 27.3 Å². The van der Waals surface area contributed by atoms with Gasteiger partial charge in [0, 0.05) is 11.3 Å². The van der Waals surface area contributed by atoms with E-state index >= 15 is 0 Å². The Hall–Kier alpha value is -3.43. The molecule has 0 saturated heterocycles. The highest BCUT2D eigenvalue weighted by Crippen LogP contribution is 2.30. The molecule has 9 heteroatoms. The van der Waals surface area contributed by atoms with Gasteiger partial charge in [-0.3, -0.25) is 9.36 Å². The third-order valence-electron chi connectivity index (χ3n) is 4.68. The maximum atomic E-state index is 12.3. The number of methoxy groups -OCH3 is 1. The SMILES string of the molecule is COc1cccc(-c2nnc(SCc3nc4ccsc4c(=O)[nH]3)n2-c2ccccc2)c1. The van der Waals surface area contributed by atoms with Crippen LogP contribution in [0.2, 0.25) is 0 Å². The van der Waals surface area contributed by atoms with E-state index in [0.29, 0.717) is 32.8 Å². The van der Waals surface area contributed by atoms with Gasteiger partial charge in [-0.1, -0.05) is 42.1 Å². The van der Waals surface area contributed by atoms with Gasteiger partial charge in [0.25, 0.3) is 5.56 Å². The number of nitrogens with one attached hydrogen (secondary N) is 1. The van der Waals surface area contributed by atoms with Gasteiger partial charge in [-0.05, 0) is 35.7 Å². The van der Waals surface area contributed by atoms with Crippen LogP contribution in [0, 0.1) is 0 Å². The molecule has 0 bridgehead atoms. The smallest absolute Gasteiger partial charge is 0.268 e. The Bertz CT molecular complexity index is 1410. The number of hydrogen-bond acceptors (Lipinski definition) is 7. The van der Waals surface area contributed by atoms with E-state index in [0.717, 1.165) is 17.0 Å². The van der Waals surface area contributed by atoms with Crippen LogP contribution in [0.1, 0.15) is 5.82 Å². The van der Waals surface area contributed by atoms with Gasteiger partial charge >= 0.3 is 0 Å². The number of hydrogen-bond donors (Lipinski definition) is 1. The van der Waals surface area contributed by atoms with Crippen molar-refractivity contribution >= 4 is 33.3 Å². The number of thioether (sulfide) groups is 1. The van der Waals surface area contributed by atoms with Gasteiger partial charge < -0.3 is 9.72 Å². The number of rotatable bonds is 6. The molecule has 5 aromatic rings. The molecule has 154 valence electrons. The van der Waals surface area contributed by atoms with E-state index in [1.165, 1.54) is 23.1 Å². The van der Waals surface area contributed by atoms with Crippen LogP contribution in [0.3, 0.4) is 0 Å². The third-order valence-corrected chi connectivity index (χ3v) is 6.52. The molecule has 0 aliphatic rings. The molecule has 0 aliphatic carbocycles. The van der Waals surface area contributed by atoms with Gasteiger partial charge in [0.2, 0.25) is 0 Å². The minimum Gasteiger partial charge on any atom is -0.497 e. The molecule has 1 N–H and O–H groups in total. The summed E-state index contributed by atoms with van der Waals surface area (Å²) in [6, 6.07) is 19.5. The molecular formula is C22H17N5O2S2. The largest absolute Gasteiger partial charge is 0.497 e. The Morgan fingerprint density at radius 1 is 1.10 bits per heavy atom. The van der Waals surface area contributed by atoms with Crippen LogP contribution in [0.15, 0.2) is 76.0 Å². The Balaban J connectivity index is 1.53. The first-order valence-corrected chi connectivity index (χ1v) is 11.3. The summed E-state index contributed by atoms with van der Waals surface area (Å²) in [7, 11) is 1.64. The lowest BCUT2D eigenvalue weighted by atomic mass is 10.2. The summed E-state index contributed by atoms with van der Waals surface area (Å²) in [6.07, 6.45) is 0. The molecule has 0 spiro atoms. The predicted molar refractivity (Wildman–Crippen MR) is 123 cm³/mol. The molecule has 0 atom stereocenters. The number of benzene rings is 2. The van der Waals surface area contributed by atoms with Crippen molar-refractivity contribution in [3.05, 3.63) is 82.2 Å². The first kappa shape index (κ1) is 19.5. The van der Waals surface area contributed by atoms with E-state index in [-0.39, 0.29) is 5.56 Å². The standard InChI is InChI=1S/C22H17N5O2S2/c1-29-16-9-5-6-14(12-16)20-25-26-22(27(20)15-7-3-2-4-8-15)31-13-18-23-17-10-11-30-19(17)21(28)24-18/h2-12H,13H2,1H3,(H,23,24,28). The summed E-state index contributed by atoms with van der Waals surface area (Å²) in [5.41, 5.74) is 2.44. The molecule has 0 fully saturated rings. The van der Waals surface area contributed by atoms with Crippen LogP contribution in [-0.2, 0) is 5.75 Å². The maximum Gasteiger partial charge on any atom is 0.268 e. The average Bonchev–Trinajstić information content (AvgIpc) is 3.46. The van der Waals surface area contributed by atoms with E-state index in [1.54, 1.807) is 7.11 Å². The number of aromatic amines is 1. The van der Waals surface area contributed by atoms with E-state index in [1.807, 2.05) is 70.6 Å². The highest BCUT2D eigenvalue weighted by Gasteiger charge is 2.17. The van der Waals surface area contributed by atoms with E-state index in [2.05, 4.69) is 20.2 Å². The lowest BCUT2D eigenvalue weighted by Crippen LogP contribution is -2.09. The number of aromatic nitrogens is 5. The quantitative estimate of drug-likeness (QED) is 0.385. The van der Waals surface area contributed by atoms with E-state index in [9.17, 15) is 4.79 Å². The van der Waals surface area contributed by atoms with Crippen molar-refractivity contribution in [3.63, 3.8) is 0 Å². The Morgan fingerprint density at radius 2 is 1.97 bits per heavy atom. The molecular weight excluding hydrogens is 430 g/mol. The molecule has 31 heavy (non-hydrogen) atoms. The summed E-state index contributed by atoms with van der Waals surface area (Å²) >= 11 is 2.86. The van der Waals surface area contributed by atoms with E-state index < -0.39 is 0 Å². The zero-order chi connectivity index (χ0) is 21.2. The second-order valence-electron chi connectivity index (χ2n) is 6.65. The molecule has 3 heterocycles. The molecule has 7 nitrogen and oxygen atoms in total. The van der Waals surface area contributed by atoms with Gasteiger partial charge in [-0.15, -0.1) is 21.5 Å². The van der Waals surface area contributed by atoms with Crippen molar-refractivity contribution in [2.24, 2.45) is 0 Å². The lowest BCUT2D eigenvalue weighted by Gasteiger charge is -2.11. The third kappa shape index (κ3) is 3.85. The second kappa shape index (κ2) is 8.37. The first-order valence-electron chi connectivity index (χ1n) is 9.47. The lowest BCUT2D eigenvalue weighted by molar-refractivity contribution is 0.415. The maximum absolute atomic E-state index is 12.3. The Kier molecular flexibility index (Phi) is 5.27. The van der Waals surface area contributed by atoms with Crippen LogP contribution in [-0.4, -0.2) is 31.8 Å². The van der Waals surface area contributed by atoms with Crippen molar-refractivity contribution in [1.82, 2.24) is 24.7 Å². The topological polar surface area (TPSA) is 85.7 Å². The summed E-state index contributed by atoms with van der Waals surface area (Å²) < 4.78 is 8.01. The summed E-state index contributed by atoms with van der Waals surface area (Å²) in [5, 5.41) is 11.5. The van der Waals surface area contributed by atoms with Gasteiger partial charge in [-0.25, -0.2) is 4.98 Å². The normalized spacial score (nSPS) is 11.1. The summed E-state index contributed by atoms with van der Waals surface area (Å²) in [5.74, 6) is 2.53. The van der Waals surface area contributed by atoms with Crippen LogP contribution < -0.4 is 10.3 Å². The number of thiophene rings is 1. The average molecular weight is 448 g/mol. The summed E-state index contributed by atoms with van der Waals surface area (Å²) in [6.45, 7) is 0. The minimum atomic E-state index is -0.114. The Morgan fingerprint density at radius 3 is 2.81 bits per heavy atom. The number of nitrogens with zero attached hydrogens (tertiary/aromatic N) is 4. The number of fused-ring (bicyclic) bond motifs is 1. The minimum absolute atomic E-state index is 0.114. The molecule has 5 rings (SSSR count). The zero-order valence-electron chi connectivity index (χ0n) is 16.5. The van der Waals surface area contributed by atoms with Crippen molar-refractivity contribution < 1.29 is 4.74 Å². The predicted octanol–water partition coefficient (Wildman–Crippen LogP) is 4.53. The molecule has 0 unspecified atom stereocenters. The van der Waals surface area contributed by atoms with Crippen molar-refractivity contribution in [2.45, 2.75) is 10.9 Å². The molecule has 3 aromatic heterocycles. The fraction of sp³-hybridized carbons (Fsp3) is 0.0909. The number of H-pyrrole nitrogens is 1. The molecule has 0 aliphatic heterocycles. The highest BCUT2D eigenvalue weighted by molar-refractivity contribution is 7.98. The van der Waals surface area contributed by atoms with Crippen LogP contribution >= 0.6 is 23.1 Å². The van der Waals surface area contributed by atoms with Gasteiger partial charge in [0.05, 0.1) is 18.4 Å².